The average molecular weight is 367 g/mol. The first-order valence-corrected chi connectivity index (χ1v) is 10.1. The van der Waals surface area contributed by atoms with E-state index < -0.39 is 5.41 Å². The zero-order valence-corrected chi connectivity index (χ0v) is 16.5. The average Bonchev–Trinajstić information content (AvgIpc) is 2.70. The molecule has 4 heteroatoms. The van der Waals surface area contributed by atoms with Crippen LogP contribution in [-0.4, -0.2) is 17.5 Å². The Hall–Kier alpha value is -2.36. The van der Waals surface area contributed by atoms with Crippen molar-refractivity contribution < 1.29 is 9.53 Å². The van der Waals surface area contributed by atoms with E-state index in [9.17, 15) is 4.79 Å². The van der Waals surface area contributed by atoms with Crippen LogP contribution in [-0.2, 0) is 10.2 Å². The Morgan fingerprint density at radius 3 is 2.67 bits per heavy atom. The maximum atomic E-state index is 13.3. The number of benzene rings is 1. The van der Waals surface area contributed by atoms with Crippen molar-refractivity contribution in [1.82, 2.24) is 4.98 Å². The molecule has 0 aliphatic heterocycles. The number of carbonyl (C=O) groups is 1. The summed E-state index contributed by atoms with van der Waals surface area (Å²) < 4.78 is 5.60. The van der Waals surface area contributed by atoms with Crippen molar-refractivity contribution in [3.05, 3.63) is 53.7 Å². The quantitative estimate of drug-likeness (QED) is 0.667. The lowest BCUT2D eigenvalue weighted by Gasteiger charge is -2.36. The Labute approximate surface area is 162 Å². The third kappa shape index (κ3) is 4.68. The van der Waals surface area contributed by atoms with Crippen LogP contribution >= 0.6 is 0 Å². The lowest BCUT2D eigenvalue weighted by Crippen LogP contribution is -2.42. The van der Waals surface area contributed by atoms with Crippen molar-refractivity contribution >= 4 is 11.6 Å². The minimum absolute atomic E-state index is 0.0780. The fourth-order valence-electron chi connectivity index (χ4n) is 3.86. The summed E-state index contributed by atoms with van der Waals surface area (Å²) in [5, 5.41) is 3.11. The molecule has 0 spiro atoms. The van der Waals surface area contributed by atoms with E-state index in [0.717, 1.165) is 49.8 Å². The van der Waals surface area contributed by atoms with E-state index in [1.807, 2.05) is 12.1 Å². The van der Waals surface area contributed by atoms with Crippen LogP contribution < -0.4 is 10.1 Å². The number of anilines is 1. The number of carbonyl (C=O) groups excluding carboxylic acids is 1. The van der Waals surface area contributed by atoms with E-state index in [4.69, 9.17) is 4.74 Å². The number of aryl methyl sites for hydroxylation is 1. The molecule has 0 radical (unpaired) electrons. The highest BCUT2D eigenvalue weighted by molar-refractivity contribution is 5.99. The number of amides is 1. The second-order valence-electron chi connectivity index (χ2n) is 7.55. The van der Waals surface area contributed by atoms with Crippen LogP contribution in [0.2, 0.25) is 0 Å². The predicted molar refractivity (Wildman–Crippen MR) is 109 cm³/mol. The van der Waals surface area contributed by atoms with Crippen molar-refractivity contribution in [2.24, 2.45) is 0 Å². The van der Waals surface area contributed by atoms with Crippen molar-refractivity contribution in [3.8, 4) is 5.88 Å². The van der Waals surface area contributed by atoms with E-state index in [0.29, 0.717) is 12.5 Å². The fraction of sp³-hybridized carbons (Fsp3) is 0.478. The molecule has 0 saturated heterocycles. The summed E-state index contributed by atoms with van der Waals surface area (Å²) >= 11 is 0. The molecule has 0 atom stereocenters. The zero-order chi connectivity index (χ0) is 19.1. The smallest absolute Gasteiger partial charge is 0.235 e. The normalized spacial score (nSPS) is 15.9. The Morgan fingerprint density at radius 1 is 1.19 bits per heavy atom. The zero-order valence-electron chi connectivity index (χ0n) is 16.5. The Morgan fingerprint density at radius 2 is 2.00 bits per heavy atom. The van der Waals surface area contributed by atoms with Gasteiger partial charge < -0.3 is 10.1 Å². The summed E-state index contributed by atoms with van der Waals surface area (Å²) in [6, 6.07) is 12.1. The first-order valence-electron chi connectivity index (χ1n) is 10.1. The van der Waals surface area contributed by atoms with Crippen molar-refractivity contribution in [1.29, 1.82) is 0 Å². The Bertz CT molecular complexity index is 749. The molecule has 2 aromatic rings. The van der Waals surface area contributed by atoms with Gasteiger partial charge in [0, 0.05) is 6.07 Å². The topological polar surface area (TPSA) is 51.2 Å². The van der Waals surface area contributed by atoms with E-state index >= 15 is 0 Å². The molecule has 1 aromatic heterocycles. The summed E-state index contributed by atoms with van der Waals surface area (Å²) in [6.07, 6.45) is 8.96. The molecule has 1 N–H and O–H groups in total. The third-order valence-electron chi connectivity index (χ3n) is 5.45. The number of rotatable bonds is 7. The SMILES string of the molecule is CCCCOc1ccc(NC(=O)C2(c3cccc(C)c3)CCCCC2)cn1. The molecule has 4 nitrogen and oxygen atoms in total. The predicted octanol–water partition coefficient (Wildman–Crippen LogP) is 5.41. The van der Waals surface area contributed by atoms with Crippen LogP contribution in [0.25, 0.3) is 0 Å². The van der Waals surface area contributed by atoms with Gasteiger partial charge in [-0.1, -0.05) is 62.4 Å². The number of nitrogens with one attached hydrogen (secondary N) is 1. The largest absolute Gasteiger partial charge is 0.478 e. The monoisotopic (exact) mass is 366 g/mol. The van der Waals surface area contributed by atoms with Crippen LogP contribution in [0.3, 0.4) is 0 Å². The summed E-state index contributed by atoms with van der Waals surface area (Å²) in [7, 11) is 0. The van der Waals surface area contributed by atoms with Gasteiger partial charge in [-0.15, -0.1) is 0 Å². The molecule has 27 heavy (non-hydrogen) atoms. The number of unbranched alkanes of at least 4 members (excludes halogenated alkanes) is 1. The molecule has 1 heterocycles. The van der Waals surface area contributed by atoms with Crippen LogP contribution in [0.15, 0.2) is 42.6 Å². The first-order chi connectivity index (χ1) is 13.1. The molecule has 0 bridgehead atoms. The molecule has 3 rings (SSSR count). The van der Waals surface area contributed by atoms with Gasteiger partial charge in [-0.2, -0.15) is 0 Å². The van der Waals surface area contributed by atoms with Crippen molar-refractivity contribution in [2.75, 3.05) is 11.9 Å². The van der Waals surface area contributed by atoms with Gasteiger partial charge in [0.2, 0.25) is 11.8 Å². The number of pyridine rings is 1. The summed E-state index contributed by atoms with van der Waals surface area (Å²) in [6.45, 7) is 4.88. The molecular formula is C23H30N2O2. The Balaban J connectivity index is 1.75. The maximum Gasteiger partial charge on any atom is 0.235 e. The Kier molecular flexibility index (Phi) is 6.49. The van der Waals surface area contributed by atoms with Gasteiger partial charge in [-0.25, -0.2) is 4.98 Å². The van der Waals surface area contributed by atoms with Gasteiger partial charge in [-0.05, 0) is 37.8 Å². The van der Waals surface area contributed by atoms with Gasteiger partial charge in [-0.3, -0.25) is 4.79 Å². The number of hydrogen-bond acceptors (Lipinski definition) is 3. The van der Waals surface area contributed by atoms with Crippen LogP contribution in [0.1, 0.15) is 63.0 Å². The van der Waals surface area contributed by atoms with Gasteiger partial charge in [0.05, 0.1) is 23.9 Å². The maximum absolute atomic E-state index is 13.3. The summed E-state index contributed by atoms with van der Waals surface area (Å²) in [5.41, 5.74) is 2.61. The van der Waals surface area contributed by atoms with Gasteiger partial charge >= 0.3 is 0 Å². The summed E-state index contributed by atoms with van der Waals surface area (Å²) in [5.74, 6) is 0.682. The van der Waals surface area contributed by atoms with E-state index in [1.54, 1.807) is 6.20 Å². The molecule has 1 amide bonds. The standard InChI is InChI=1S/C23H30N2O2/c1-3-4-15-27-21-12-11-20(17-24-21)25-22(26)23(13-6-5-7-14-23)19-10-8-9-18(2)16-19/h8-12,16-17H,3-7,13-15H2,1-2H3,(H,25,26). The van der Waals surface area contributed by atoms with E-state index in [-0.39, 0.29) is 5.91 Å². The molecule has 1 aromatic carbocycles. The highest BCUT2D eigenvalue weighted by atomic mass is 16.5. The van der Waals surface area contributed by atoms with Crippen molar-refractivity contribution in [2.45, 2.75) is 64.2 Å². The van der Waals surface area contributed by atoms with Gasteiger partial charge in [0.1, 0.15) is 0 Å². The number of aromatic nitrogens is 1. The molecule has 1 saturated carbocycles. The van der Waals surface area contributed by atoms with Crippen LogP contribution in [0.5, 0.6) is 5.88 Å². The first kappa shape index (κ1) is 19.4. The second-order valence-corrected chi connectivity index (χ2v) is 7.55. The van der Waals surface area contributed by atoms with Gasteiger partial charge in [0.15, 0.2) is 0 Å². The van der Waals surface area contributed by atoms with Crippen molar-refractivity contribution in [3.63, 3.8) is 0 Å². The minimum atomic E-state index is -0.444. The molecule has 0 unspecified atom stereocenters. The van der Waals surface area contributed by atoms with E-state index in [1.165, 1.54) is 12.0 Å². The van der Waals surface area contributed by atoms with Crippen LogP contribution in [0.4, 0.5) is 5.69 Å². The highest BCUT2D eigenvalue weighted by Crippen LogP contribution is 2.40. The fourth-order valence-corrected chi connectivity index (χ4v) is 3.86. The molecular weight excluding hydrogens is 336 g/mol. The number of hydrogen-bond donors (Lipinski definition) is 1. The molecule has 1 fully saturated rings. The highest BCUT2D eigenvalue weighted by Gasteiger charge is 2.41. The van der Waals surface area contributed by atoms with Crippen LogP contribution in [0, 0.1) is 6.92 Å². The van der Waals surface area contributed by atoms with Gasteiger partial charge in [0.25, 0.3) is 0 Å². The minimum Gasteiger partial charge on any atom is -0.478 e. The number of nitrogens with zero attached hydrogens (tertiary/aromatic N) is 1. The molecule has 144 valence electrons. The molecule has 1 aliphatic rings. The lowest BCUT2D eigenvalue weighted by atomic mass is 9.68. The lowest BCUT2D eigenvalue weighted by molar-refractivity contribution is -0.122. The third-order valence-corrected chi connectivity index (χ3v) is 5.45. The van der Waals surface area contributed by atoms with E-state index in [2.05, 4.69) is 48.4 Å². The molecule has 1 aliphatic carbocycles. The number of ether oxygens (including phenoxy) is 1. The summed E-state index contributed by atoms with van der Waals surface area (Å²) in [4.78, 5) is 17.6. The second kappa shape index (κ2) is 9.03.